The van der Waals surface area contributed by atoms with Gasteiger partial charge in [0.05, 0.1) is 16.1 Å². The Morgan fingerprint density at radius 2 is 1.79 bits per heavy atom. The van der Waals surface area contributed by atoms with E-state index in [0.29, 0.717) is 60.2 Å². The molecule has 1 fully saturated rings. The number of alkyl halides is 3. The van der Waals surface area contributed by atoms with Gasteiger partial charge in [0.15, 0.2) is 0 Å². The third-order valence-corrected chi connectivity index (χ3v) is 6.72. The Morgan fingerprint density at radius 3 is 2.47 bits per heavy atom. The standard InChI is InChI=1S/C27H25ClF3N5O2/c1-16(2)14-21-32-24(35-10-12-36(13-11-35)26(37)19-8-3-4-9-20(19)28)22-23(34-38-25(22)33-21)17-6-5-7-18(15-17)27(29,30)31/h3-9,15-16H,10-14H2,1-2H3. The second kappa shape index (κ2) is 10.2. The van der Waals surface area contributed by atoms with Gasteiger partial charge in [-0.1, -0.05) is 54.9 Å². The lowest BCUT2D eigenvalue weighted by Gasteiger charge is -2.36. The molecular weight excluding hydrogens is 519 g/mol. The highest BCUT2D eigenvalue weighted by Gasteiger charge is 2.32. The highest BCUT2D eigenvalue weighted by atomic mass is 35.5. The second-order valence-electron chi connectivity index (χ2n) is 9.61. The van der Waals surface area contributed by atoms with Crippen LogP contribution < -0.4 is 4.90 Å². The number of hydrogen-bond acceptors (Lipinski definition) is 6. The number of benzene rings is 2. The van der Waals surface area contributed by atoms with E-state index in [1.54, 1.807) is 35.2 Å². The molecule has 0 unspecified atom stereocenters. The smallest absolute Gasteiger partial charge is 0.352 e. The number of anilines is 1. The van der Waals surface area contributed by atoms with Gasteiger partial charge in [-0.3, -0.25) is 4.79 Å². The van der Waals surface area contributed by atoms with Crippen LogP contribution in [0.1, 0.15) is 35.6 Å². The normalized spacial score (nSPS) is 14.5. The molecule has 3 heterocycles. The van der Waals surface area contributed by atoms with Crippen molar-refractivity contribution in [2.24, 2.45) is 5.92 Å². The van der Waals surface area contributed by atoms with E-state index in [0.717, 1.165) is 12.1 Å². The summed E-state index contributed by atoms with van der Waals surface area (Å²) in [6.45, 7) is 5.83. The first-order valence-corrected chi connectivity index (χ1v) is 12.6. The quantitative estimate of drug-likeness (QED) is 0.302. The van der Waals surface area contributed by atoms with Crippen molar-refractivity contribution in [3.8, 4) is 11.3 Å². The van der Waals surface area contributed by atoms with Crippen LogP contribution >= 0.6 is 11.6 Å². The molecule has 1 aliphatic heterocycles. The van der Waals surface area contributed by atoms with Gasteiger partial charge in [0.1, 0.15) is 22.7 Å². The van der Waals surface area contributed by atoms with Crippen molar-refractivity contribution in [2.75, 3.05) is 31.1 Å². The first kappa shape index (κ1) is 26.0. The first-order valence-electron chi connectivity index (χ1n) is 12.2. The highest BCUT2D eigenvalue weighted by Crippen LogP contribution is 2.37. The molecule has 1 saturated heterocycles. The van der Waals surface area contributed by atoms with Crippen LogP contribution in [0.5, 0.6) is 0 Å². The maximum absolute atomic E-state index is 13.4. The summed E-state index contributed by atoms with van der Waals surface area (Å²) in [5.41, 5.74) is 0.376. The van der Waals surface area contributed by atoms with E-state index in [1.165, 1.54) is 6.07 Å². The van der Waals surface area contributed by atoms with Gasteiger partial charge in [0, 0.05) is 38.2 Å². The molecule has 0 atom stereocenters. The number of fused-ring (bicyclic) bond motifs is 1. The van der Waals surface area contributed by atoms with Crippen LogP contribution in [0.15, 0.2) is 53.1 Å². The van der Waals surface area contributed by atoms with Crippen LogP contribution in [-0.2, 0) is 12.6 Å². The van der Waals surface area contributed by atoms with E-state index in [1.807, 2.05) is 18.7 Å². The molecule has 5 rings (SSSR count). The number of aromatic nitrogens is 3. The maximum atomic E-state index is 13.4. The molecule has 0 spiro atoms. The predicted molar refractivity (Wildman–Crippen MR) is 138 cm³/mol. The zero-order valence-corrected chi connectivity index (χ0v) is 21.6. The monoisotopic (exact) mass is 543 g/mol. The van der Waals surface area contributed by atoms with Gasteiger partial charge in [-0.25, -0.2) is 4.98 Å². The van der Waals surface area contributed by atoms with Crippen molar-refractivity contribution in [3.05, 3.63) is 70.5 Å². The van der Waals surface area contributed by atoms with E-state index in [4.69, 9.17) is 21.1 Å². The van der Waals surface area contributed by atoms with Gasteiger partial charge in [-0.2, -0.15) is 18.2 Å². The molecular formula is C27H25ClF3N5O2. The first-order chi connectivity index (χ1) is 18.1. The van der Waals surface area contributed by atoms with E-state index >= 15 is 0 Å². The summed E-state index contributed by atoms with van der Waals surface area (Å²) >= 11 is 6.23. The molecule has 198 valence electrons. The summed E-state index contributed by atoms with van der Waals surface area (Å²) < 4.78 is 45.7. The molecule has 2 aromatic heterocycles. The molecule has 0 aliphatic carbocycles. The number of carbonyl (C=O) groups is 1. The number of piperazine rings is 1. The van der Waals surface area contributed by atoms with E-state index in [-0.39, 0.29) is 28.8 Å². The van der Waals surface area contributed by atoms with Gasteiger partial charge in [0.25, 0.3) is 11.6 Å². The van der Waals surface area contributed by atoms with Gasteiger partial charge in [-0.05, 0) is 30.2 Å². The lowest BCUT2D eigenvalue weighted by atomic mass is 10.0. The van der Waals surface area contributed by atoms with Gasteiger partial charge >= 0.3 is 6.18 Å². The number of amides is 1. The average Bonchev–Trinajstić information content (AvgIpc) is 3.31. The summed E-state index contributed by atoms with van der Waals surface area (Å²) in [7, 11) is 0. The third-order valence-electron chi connectivity index (χ3n) is 6.39. The molecule has 2 aromatic carbocycles. The Hall–Kier alpha value is -3.66. The molecule has 1 aliphatic rings. The van der Waals surface area contributed by atoms with Crippen LogP contribution in [0.25, 0.3) is 22.4 Å². The largest absolute Gasteiger partial charge is 0.416 e. The minimum Gasteiger partial charge on any atom is -0.352 e. The van der Waals surface area contributed by atoms with Crippen molar-refractivity contribution in [3.63, 3.8) is 0 Å². The highest BCUT2D eigenvalue weighted by molar-refractivity contribution is 6.33. The van der Waals surface area contributed by atoms with Crippen LogP contribution in [0.2, 0.25) is 5.02 Å². The lowest BCUT2D eigenvalue weighted by Crippen LogP contribution is -2.49. The topological polar surface area (TPSA) is 75.4 Å². The minimum atomic E-state index is -4.50. The third kappa shape index (κ3) is 5.18. The Morgan fingerprint density at radius 1 is 1.05 bits per heavy atom. The fraction of sp³-hybridized carbons (Fsp3) is 0.333. The second-order valence-corrected chi connectivity index (χ2v) is 10.0. The summed E-state index contributed by atoms with van der Waals surface area (Å²) in [5, 5.41) is 4.95. The molecule has 1 amide bonds. The van der Waals surface area contributed by atoms with Crippen molar-refractivity contribution in [2.45, 2.75) is 26.4 Å². The summed E-state index contributed by atoms with van der Waals surface area (Å²) in [4.78, 5) is 26.1. The Labute approximate surface area is 222 Å². The van der Waals surface area contributed by atoms with Crippen molar-refractivity contribution in [1.29, 1.82) is 0 Å². The molecule has 0 N–H and O–H groups in total. The number of hydrogen-bond donors (Lipinski definition) is 0. The molecule has 0 bridgehead atoms. The SMILES string of the molecule is CC(C)Cc1nc(N2CCN(C(=O)c3ccccc3Cl)CC2)c2c(-c3cccc(C(F)(F)F)c3)noc2n1. The number of rotatable bonds is 5. The molecule has 7 nitrogen and oxygen atoms in total. The molecule has 0 saturated carbocycles. The molecule has 38 heavy (non-hydrogen) atoms. The zero-order valence-electron chi connectivity index (χ0n) is 20.8. The number of carbonyl (C=O) groups excluding carboxylic acids is 1. The Balaban J connectivity index is 1.50. The van der Waals surface area contributed by atoms with Gasteiger partial charge in [-0.15, -0.1) is 0 Å². The maximum Gasteiger partial charge on any atom is 0.416 e. The van der Waals surface area contributed by atoms with E-state index in [9.17, 15) is 18.0 Å². The Kier molecular flexibility index (Phi) is 7.00. The van der Waals surface area contributed by atoms with Crippen LogP contribution in [0.4, 0.5) is 19.0 Å². The van der Waals surface area contributed by atoms with Crippen molar-refractivity contribution in [1.82, 2.24) is 20.0 Å². The van der Waals surface area contributed by atoms with E-state index < -0.39 is 11.7 Å². The van der Waals surface area contributed by atoms with Crippen LogP contribution in [0, 0.1) is 5.92 Å². The van der Waals surface area contributed by atoms with Crippen LogP contribution in [-0.4, -0.2) is 52.1 Å². The van der Waals surface area contributed by atoms with Crippen LogP contribution in [0.3, 0.4) is 0 Å². The average molecular weight is 544 g/mol. The fourth-order valence-corrected chi connectivity index (χ4v) is 4.75. The molecule has 4 aromatic rings. The lowest BCUT2D eigenvalue weighted by molar-refractivity contribution is -0.137. The minimum absolute atomic E-state index is 0.154. The zero-order chi connectivity index (χ0) is 27.0. The molecule has 11 heteroatoms. The molecule has 0 radical (unpaired) electrons. The number of halogens is 4. The fourth-order valence-electron chi connectivity index (χ4n) is 4.53. The van der Waals surface area contributed by atoms with Gasteiger partial charge < -0.3 is 14.3 Å². The van der Waals surface area contributed by atoms with Gasteiger partial charge in [0.2, 0.25) is 0 Å². The summed E-state index contributed by atoms with van der Waals surface area (Å²) in [6, 6.07) is 11.9. The van der Waals surface area contributed by atoms with Crippen molar-refractivity contribution < 1.29 is 22.5 Å². The van der Waals surface area contributed by atoms with Crippen molar-refractivity contribution >= 4 is 34.4 Å². The summed E-state index contributed by atoms with van der Waals surface area (Å²) in [6.07, 6.45) is -3.91. The predicted octanol–water partition coefficient (Wildman–Crippen LogP) is 6.12. The summed E-state index contributed by atoms with van der Waals surface area (Å²) in [5.74, 6) is 1.21. The number of nitrogens with zero attached hydrogens (tertiary/aromatic N) is 5. The van der Waals surface area contributed by atoms with E-state index in [2.05, 4.69) is 10.1 Å². The Bertz CT molecular complexity index is 1480.